The number of methoxy groups -OCH3 is 2. The number of hydrogen-bond acceptors (Lipinski definition) is 4. The van der Waals surface area contributed by atoms with E-state index in [0.717, 1.165) is 32.2 Å². The van der Waals surface area contributed by atoms with E-state index in [0.29, 0.717) is 6.04 Å². The number of piperidine rings is 1. The van der Waals surface area contributed by atoms with Crippen LogP contribution in [0.4, 0.5) is 0 Å². The monoisotopic (exact) mass is 270 g/mol. The van der Waals surface area contributed by atoms with Crippen molar-refractivity contribution in [3.05, 3.63) is 0 Å². The standard InChI is InChI=1S/C14H26N2O3/c1-5-9-16-12(14(18-3)19-4)10-7-6-8-11(13(16)17)15(10)2/h10-12,14H,5-9H2,1-4H3. The third-order valence-corrected chi connectivity index (χ3v) is 4.52. The fourth-order valence-corrected chi connectivity index (χ4v) is 3.62. The highest BCUT2D eigenvalue weighted by atomic mass is 16.7. The average molecular weight is 270 g/mol. The first-order valence-electron chi connectivity index (χ1n) is 7.23. The van der Waals surface area contributed by atoms with Crippen molar-refractivity contribution in [3.63, 3.8) is 0 Å². The third kappa shape index (κ3) is 2.51. The van der Waals surface area contributed by atoms with Gasteiger partial charge in [0.15, 0.2) is 6.29 Å². The first kappa shape index (κ1) is 14.8. The van der Waals surface area contributed by atoms with E-state index in [4.69, 9.17) is 9.47 Å². The second-order valence-corrected chi connectivity index (χ2v) is 5.54. The Morgan fingerprint density at radius 3 is 2.58 bits per heavy atom. The van der Waals surface area contributed by atoms with Crippen molar-refractivity contribution in [2.75, 3.05) is 27.8 Å². The molecule has 110 valence electrons. The number of piperazine rings is 1. The van der Waals surface area contributed by atoms with Crippen LogP contribution in [0, 0.1) is 0 Å². The molecule has 0 radical (unpaired) electrons. The van der Waals surface area contributed by atoms with Gasteiger partial charge in [0.05, 0.1) is 12.1 Å². The molecule has 0 aromatic heterocycles. The summed E-state index contributed by atoms with van der Waals surface area (Å²) in [7, 11) is 5.36. The van der Waals surface area contributed by atoms with Gasteiger partial charge in [-0.15, -0.1) is 0 Å². The van der Waals surface area contributed by atoms with Crippen molar-refractivity contribution < 1.29 is 14.3 Å². The summed E-state index contributed by atoms with van der Waals surface area (Å²) in [5.41, 5.74) is 0. The fraction of sp³-hybridized carbons (Fsp3) is 0.929. The number of nitrogens with zero attached hydrogens (tertiary/aromatic N) is 2. The van der Waals surface area contributed by atoms with Crippen LogP contribution < -0.4 is 0 Å². The summed E-state index contributed by atoms with van der Waals surface area (Å²) >= 11 is 0. The van der Waals surface area contributed by atoms with E-state index in [1.54, 1.807) is 14.2 Å². The Hall–Kier alpha value is -0.650. The molecule has 2 saturated heterocycles. The summed E-state index contributed by atoms with van der Waals surface area (Å²) in [6.45, 7) is 2.89. The molecule has 5 heteroatoms. The number of fused-ring (bicyclic) bond motifs is 2. The number of rotatable bonds is 5. The minimum absolute atomic E-state index is 0.00370. The Labute approximate surface area is 115 Å². The number of ether oxygens (including phenoxy) is 2. The molecule has 0 spiro atoms. The molecule has 2 aliphatic rings. The molecule has 0 aliphatic carbocycles. The average Bonchev–Trinajstić information content (AvgIpc) is 2.41. The lowest BCUT2D eigenvalue weighted by atomic mass is 9.85. The third-order valence-electron chi connectivity index (χ3n) is 4.52. The van der Waals surface area contributed by atoms with Gasteiger partial charge in [-0.05, 0) is 32.7 Å². The second-order valence-electron chi connectivity index (χ2n) is 5.54. The molecule has 0 N–H and O–H groups in total. The van der Waals surface area contributed by atoms with Crippen molar-refractivity contribution in [1.82, 2.24) is 9.80 Å². The topological polar surface area (TPSA) is 42.0 Å². The van der Waals surface area contributed by atoms with Gasteiger partial charge in [0.1, 0.15) is 0 Å². The number of likely N-dealkylation sites (N-methyl/N-ethyl adjacent to an activating group) is 1. The lowest BCUT2D eigenvalue weighted by Crippen LogP contribution is -2.70. The van der Waals surface area contributed by atoms with Gasteiger partial charge in [-0.25, -0.2) is 0 Å². The summed E-state index contributed by atoms with van der Waals surface area (Å²) in [4.78, 5) is 16.9. The molecule has 0 saturated carbocycles. The summed E-state index contributed by atoms with van der Waals surface area (Å²) in [6.07, 6.45) is 3.81. The van der Waals surface area contributed by atoms with Crippen LogP contribution in [0.5, 0.6) is 0 Å². The highest BCUT2D eigenvalue weighted by Gasteiger charge is 2.49. The van der Waals surface area contributed by atoms with Crippen molar-refractivity contribution in [3.8, 4) is 0 Å². The molecular weight excluding hydrogens is 244 g/mol. The molecule has 2 fully saturated rings. The highest BCUT2D eigenvalue weighted by molar-refractivity contribution is 5.83. The number of amides is 1. The molecule has 1 amide bonds. The minimum Gasteiger partial charge on any atom is -0.354 e. The Kier molecular flexibility index (Phi) is 4.81. The zero-order chi connectivity index (χ0) is 14.0. The van der Waals surface area contributed by atoms with Crippen LogP contribution in [0.2, 0.25) is 0 Å². The predicted molar refractivity (Wildman–Crippen MR) is 72.8 cm³/mol. The maximum Gasteiger partial charge on any atom is 0.240 e. The first-order valence-corrected chi connectivity index (χ1v) is 7.23. The fourth-order valence-electron chi connectivity index (χ4n) is 3.62. The molecular formula is C14H26N2O3. The van der Waals surface area contributed by atoms with Crippen LogP contribution in [0.3, 0.4) is 0 Å². The van der Waals surface area contributed by atoms with Crippen molar-refractivity contribution in [2.45, 2.75) is 57.0 Å². The molecule has 2 bridgehead atoms. The van der Waals surface area contributed by atoms with E-state index in [2.05, 4.69) is 18.9 Å². The maximum absolute atomic E-state index is 12.7. The Balaban J connectivity index is 2.30. The maximum atomic E-state index is 12.7. The molecule has 5 nitrogen and oxygen atoms in total. The van der Waals surface area contributed by atoms with Crippen molar-refractivity contribution in [2.24, 2.45) is 0 Å². The van der Waals surface area contributed by atoms with Crippen LogP contribution in [0.25, 0.3) is 0 Å². The summed E-state index contributed by atoms with van der Waals surface area (Å²) < 4.78 is 10.9. The Bertz CT molecular complexity index is 320. The Morgan fingerprint density at radius 2 is 2.00 bits per heavy atom. The van der Waals surface area contributed by atoms with Gasteiger partial charge < -0.3 is 14.4 Å². The zero-order valence-electron chi connectivity index (χ0n) is 12.5. The molecule has 0 aromatic carbocycles. The van der Waals surface area contributed by atoms with Gasteiger partial charge in [-0.1, -0.05) is 6.92 Å². The summed E-state index contributed by atoms with van der Waals surface area (Å²) in [5.74, 6) is 0.240. The van der Waals surface area contributed by atoms with Crippen LogP contribution in [-0.2, 0) is 14.3 Å². The first-order chi connectivity index (χ1) is 9.15. The lowest BCUT2D eigenvalue weighted by Gasteiger charge is -2.53. The van der Waals surface area contributed by atoms with Crippen molar-refractivity contribution >= 4 is 5.91 Å². The van der Waals surface area contributed by atoms with Gasteiger partial charge in [0.2, 0.25) is 5.91 Å². The van der Waals surface area contributed by atoms with Gasteiger partial charge in [0.25, 0.3) is 0 Å². The molecule has 2 rings (SSSR count). The molecule has 0 aromatic rings. The quantitative estimate of drug-likeness (QED) is 0.701. The van der Waals surface area contributed by atoms with E-state index >= 15 is 0 Å². The van der Waals surface area contributed by atoms with E-state index in [9.17, 15) is 4.79 Å². The van der Waals surface area contributed by atoms with Crippen LogP contribution >= 0.6 is 0 Å². The minimum atomic E-state index is -0.345. The van der Waals surface area contributed by atoms with Crippen LogP contribution in [-0.4, -0.2) is 67.9 Å². The van der Waals surface area contributed by atoms with E-state index < -0.39 is 0 Å². The smallest absolute Gasteiger partial charge is 0.240 e. The summed E-state index contributed by atoms with van der Waals surface area (Å²) in [5, 5.41) is 0. The van der Waals surface area contributed by atoms with E-state index in [1.165, 1.54) is 0 Å². The van der Waals surface area contributed by atoms with Crippen molar-refractivity contribution in [1.29, 1.82) is 0 Å². The number of hydrogen-bond donors (Lipinski definition) is 0. The normalized spacial score (nSPS) is 32.2. The van der Waals surface area contributed by atoms with Crippen LogP contribution in [0.15, 0.2) is 0 Å². The van der Waals surface area contributed by atoms with Gasteiger partial charge in [-0.3, -0.25) is 9.69 Å². The SMILES string of the molecule is CCCN1C(=O)C2CCCC(C1C(OC)OC)N2C. The Morgan fingerprint density at radius 1 is 1.32 bits per heavy atom. The van der Waals surface area contributed by atoms with Crippen LogP contribution in [0.1, 0.15) is 32.6 Å². The predicted octanol–water partition coefficient (Wildman–Crippen LogP) is 1.08. The van der Waals surface area contributed by atoms with Gasteiger partial charge in [0, 0.05) is 26.8 Å². The largest absolute Gasteiger partial charge is 0.354 e. The molecule has 2 aliphatic heterocycles. The van der Waals surface area contributed by atoms with Gasteiger partial charge in [-0.2, -0.15) is 0 Å². The molecule has 2 heterocycles. The van der Waals surface area contributed by atoms with Gasteiger partial charge >= 0.3 is 0 Å². The number of likely N-dealkylation sites (tertiary alicyclic amines) is 1. The molecule has 19 heavy (non-hydrogen) atoms. The molecule has 3 atom stereocenters. The van der Waals surface area contributed by atoms with E-state index in [1.807, 2.05) is 4.90 Å². The molecule has 3 unspecified atom stereocenters. The number of carbonyl (C=O) groups excluding carboxylic acids is 1. The zero-order valence-corrected chi connectivity index (χ0v) is 12.5. The summed E-state index contributed by atoms with van der Waals surface area (Å²) in [6, 6.07) is 0.396. The lowest BCUT2D eigenvalue weighted by molar-refractivity contribution is -0.195. The highest BCUT2D eigenvalue weighted by Crippen LogP contribution is 2.34. The number of carbonyl (C=O) groups is 1. The second kappa shape index (κ2) is 6.20. The van der Waals surface area contributed by atoms with E-state index in [-0.39, 0.29) is 24.3 Å².